The van der Waals surface area contributed by atoms with E-state index in [9.17, 15) is 18.4 Å². The molecule has 4 nitrogen and oxygen atoms in total. The Morgan fingerprint density at radius 2 is 1.70 bits per heavy atom. The molecule has 0 atom stereocenters. The van der Waals surface area contributed by atoms with Crippen LogP contribution < -0.4 is 10.6 Å². The summed E-state index contributed by atoms with van der Waals surface area (Å²) in [5, 5.41) is 5.07. The molecule has 2 amide bonds. The van der Waals surface area contributed by atoms with Crippen LogP contribution in [0.4, 0.5) is 8.78 Å². The maximum Gasteiger partial charge on any atom is 0.251 e. The fraction of sp³-hybridized carbons (Fsp3) is 0.176. The summed E-state index contributed by atoms with van der Waals surface area (Å²) in [5.74, 6) is -1.57. The first-order chi connectivity index (χ1) is 11.0. The maximum atomic E-state index is 13.1. The second-order valence-electron chi connectivity index (χ2n) is 5.05. The molecule has 0 fully saturated rings. The van der Waals surface area contributed by atoms with E-state index in [1.807, 2.05) is 0 Å². The smallest absolute Gasteiger partial charge is 0.251 e. The molecule has 0 radical (unpaired) electrons. The molecular formula is C17H16F2N2O2. The number of halogens is 2. The van der Waals surface area contributed by atoms with E-state index in [-0.39, 0.29) is 30.4 Å². The quantitative estimate of drug-likeness (QED) is 0.889. The van der Waals surface area contributed by atoms with Crippen LogP contribution >= 0.6 is 0 Å². The molecule has 2 aromatic rings. The van der Waals surface area contributed by atoms with Crippen LogP contribution in [0, 0.1) is 18.6 Å². The summed E-state index contributed by atoms with van der Waals surface area (Å²) in [6, 6.07) is 9.59. The van der Waals surface area contributed by atoms with E-state index in [0.29, 0.717) is 5.56 Å². The van der Waals surface area contributed by atoms with Crippen molar-refractivity contribution < 1.29 is 18.4 Å². The summed E-state index contributed by atoms with van der Waals surface area (Å²) in [6.07, 6.45) is 0. The Bertz CT molecular complexity index is 715. The summed E-state index contributed by atoms with van der Waals surface area (Å²) in [5.41, 5.74) is 1.54. The Labute approximate surface area is 132 Å². The fourth-order valence-corrected chi connectivity index (χ4v) is 1.94. The first kappa shape index (κ1) is 16.6. The largest absolute Gasteiger partial charge is 0.350 e. The van der Waals surface area contributed by atoms with Crippen LogP contribution in [0.2, 0.25) is 0 Å². The van der Waals surface area contributed by atoms with Gasteiger partial charge in [-0.15, -0.1) is 0 Å². The van der Waals surface area contributed by atoms with Gasteiger partial charge in [0.25, 0.3) is 5.91 Å². The Morgan fingerprint density at radius 1 is 1.00 bits per heavy atom. The number of nitrogens with one attached hydrogen (secondary N) is 2. The monoisotopic (exact) mass is 318 g/mol. The molecule has 23 heavy (non-hydrogen) atoms. The maximum absolute atomic E-state index is 13.1. The van der Waals surface area contributed by atoms with E-state index < -0.39 is 11.7 Å². The number of amides is 2. The number of hydrogen-bond acceptors (Lipinski definition) is 2. The van der Waals surface area contributed by atoms with Gasteiger partial charge in [0.1, 0.15) is 11.6 Å². The third kappa shape index (κ3) is 4.88. The number of rotatable bonds is 5. The lowest BCUT2D eigenvalue weighted by Crippen LogP contribution is -2.36. The third-order valence-electron chi connectivity index (χ3n) is 3.23. The normalized spacial score (nSPS) is 10.2. The van der Waals surface area contributed by atoms with Crippen molar-refractivity contribution in [1.82, 2.24) is 10.6 Å². The Balaban J connectivity index is 1.79. The SMILES string of the molecule is Cc1cc(CNC(=O)CNC(=O)c2ccc(F)cc2)ccc1F. The molecule has 2 aromatic carbocycles. The lowest BCUT2D eigenvalue weighted by molar-refractivity contribution is -0.120. The highest BCUT2D eigenvalue weighted by molar-refractivity contribution is 5.96. The van der Waals surface area contributed by atoms with Crippen molar-refractivity contribution in [2.45, 2.75) is 13.5 Å². The van der Waals surface area contributed by atoms with Crippen molar-refractivity contribution in [2.24, 2.45) is 0 Å². The minimum Gasteiger partial charge on any atom is -0.350 e. The van der Waals surface area contributed by atoms with Crippen LogP contribution in [0.15, 0.2) is 42.5 Å². The minimum absolute atomic E-state index is 0.198. The molecule has 0 aliphatic rings. The summed E-state index contributed by atoms with van der Waals surface area (Å²) < 4.78 is 25.9. The molecule has 2 N–H and O–H groups in total. The summed E-state index contributed by atoms with van der Waals surface area (Å²) in [6.45, 7) is 1.69. The van der Waals surface area contributed by atoms with Gasteiger partial charge in [-0.3, -0.25) is 9.59 Å². The van der Waals surface area contributed by atoms with Crippen molar-refractivity contribution in [2.75, 3.05) is 6.54 Å². The van der Waals surface area contributed by atoms with Crippen LogP contribution in [-0.2, 0) is 11.3 Å². The molecule has 0 aromatic heterocycles. The van der Waals surface area contributed by atoms with E-state index in [2.05, 4.69) is 10.6 Å². The number of aryl methyl sites for hydroxylation is 1. The Hall–Kier alpha value is -2.76. The van der Waals surface area contributed by atoms with Gasteiger partial charge in [0, 0.05) is 12.1 Å². The second-order valence-corrected chi connectivity index (χ2v) is 5.05. The predicted octanol–water partition coefficient (Wildman–Crippen LogP) is 2.32. The highest BCUT2D eigenvalue weighted by Crippen LogP contribution is 2.08. The zero-order valence-corrected chi connectivity index (χ0v) is 12.5. The van der Waals surface area contributed by atoms with Gasteiger partial charge in [-0.2, -0.15) is 0 Å². The van der Waals surface area contributed by atoms with Crippen molar-refractivity contribution >= 4 is 11.8 Å². The van der Waals surface area contributed by atoms with Crippen LogP contribution in [0.3, 0.4) is 0 Å². The minimum atomic E-state index is -0.460. The van der Waals surface area contributed by atoms with Crippen molar-refractivity contribution in [3.63, 3.8) is 0 Å². The van der Waals surface area contributed by atoms with Gasteiger partial charge in [0.15, 0.2) is 0 Å². The summed E-state index contributed by atoms with van der Waals surface area (Å²) in [7, 11) is 0. The van der Waals surface area contributed by atoms with E-state index >= 15 is 0 Å². The van der Waals surface area contributed by atoms with E-state index in [1.54, 1.807) is 19.1 Å². The van der Waals surface area contributed by atoms with Gasteiger partial charge in [-0.25, -0.2) is 8.78 Å². The van der Waals surface area contributed by atoms with Gasteiger partial charge < -0.3 is 10.6 Å². The molecule has 0 bridgehead atoms. The predicted molar refractivity (Wildman–Crippen MR) is 81.7 cm³/mol. The zero-order chi connectivity index (χ0) is 16.8. The second kappa shape index (κ2) is 7.49. The van der Waals surface area contributed by atoms with Crippen molar-refractivity contribution in [3.8, 4) is 0 Å². The molecule has 0 aliphatic carbocycles. The highest BCUT2D eigenvalue weighted by Gasteiger charge is 2.08. The van der Waals surface area contributed by atoms with Gasteiger partial charge in [0.05, 0.1) is 6.54 Å². The number of carbonyl (C=O) groups excluding carboxylic acids is 2. The fourth-order valence-electron chi connectivity index (χ4n) is 1.94. The van der Waals surface area contributed by atoms with E-state index in [1.165, 1.54) is 30.3 Å². The molecule has 120 valence electrons. The van der Waals surface area contributed by atoms with Gasteiger partial charge >= 0.3 is 0 Å². The number of carbonyl (C=O) groups is 2. The molecule has 2 rings (SSSR count). The Kier molecular flexibility index (Phi) is 5.41. The third-order valence-corrected chi connectivity index (χ3v) is 3.23. The summed E-state index contributed by atoms with van der Waals surface area (Å²) in [4.78, 5) is 23.5. The van der Waals surface area contributed by atoms with E-state index in [4.69, 9.17) is 0 Å². The molecular weight excluding hydrogens is 302 g/mol. The molecule has 0 spiro atoms. The first-order valence-electron chi connectivity index (χ1n) is 7.01. The number of benzene rings is 2. The van der Waals surface area contributed by atoms with Gasteiger partial charge in [-0.1, -0.05) is 12.1 Å². The lowest BCUT2D eigenvalue weighted by atomic mass is 10.1. The molecule has 0 aliphatic heterocycles. The zero-order valence-electron chi connectivity index (χ0n) is 12.5. The average molecular weight is 318 g/mol. The van der Waals surface area contributed by atoms with Crippen molar-refractivity contribution in [3.05, 3.63) is 70.8 Å². The molecule has 0 heterocycles. The van der Waals surface area contributed by atoms with E-state index in [0.717, 1.165) is 5.56 Å². The van der Waals surface area contributed by atoms with Crippen LogP contribution in [0.25, 0.3) is 0 Å². The van der Waals surface area contributed by atoms with Crippen molar-refractivity contribution in [1.29, 1.82) is 0 Å². The molecule has 0 saturated carbocycles. The average Bonchev–Trinajstić information content (AvgIpc) is 2.54. The van der Waals surface area contributed by atoms with Gasteiger partial charge in [0.2, 0.25) is 5.91 Å². The standard InChI is InChI=1S/C17H16F2N2O2/c1-11-8-12(2-7-15(11)19)9-20-16(22)10-21-17(23)13-3-5-14(18)6-4-13/h2-8H,9-10H2,1H3,(H,20,22)(H,21,23). The van der Waals surface area contributed by atoms with Gasteiger partial charge in [-0.05, 0) is 48.4 Å². The molecule has 0 saturated heterocycles. The topological polar surface area (TPSA) is 58.2 Å². The lowest BCUT2D eigenvalue weighted by Gasteiger charge is -2.08. The highest BCUT2D eigenvalue weighted by atomic mass is 19.1. The molecule has 0 unspecified atom stereocenters. The first-order valence-corrected chi connectivity index (χ1v) is 7.01. The Morgan fingerprint density at radius 3 is 2.35 bits per heavy atom. The van der Waals surface area contributed by atoms with Crippen LogP contribution in [0.5, 0.6) is 0 Å². The number of hydrogen-bond donors (Lipinski definition) is 2. The van der Waals surface area contributed by atoms with Crippen LogP contribution in [0.1, 0.15) is 21.5 Å². The van der Waals surface area contributed by atoms with Crippen LogP contribution in [-0.4, -0.2) is 18.4 Å². The summed E-state index contributed by atoms with van der Waals surface area (Å²) >= 11 is 0. The molecule has 6 heteroatoms.